The van der Waals surface area contributed by atoms with Crippen molar-refractivity contribution in [3.05, 3.63) is 35.4 Å². The summed E-state index contributed by atoms with van der Waals surface area (Å²) in [4.78, 5) is 23.3. The molecule has 0 saturated carbocycles. The highest BCUT2D eigenvalue weighted by Crippen LogP contribution is 2.10. The van der Waals surface area contributed by atoms with Gasteiger partial charge in [-0.1, -0.05) is 12.1 Å². The maximum atomic E-state index is 12.1. The number of hydrogen-bond acceptors (Lipinski definition) is 3. The van der Waals surface area contributed by atoms with Crippen molar-refractivity contribution in [2.75, 3.05) is 6.54 Å². The molecule has 5 heteroatoms. The third-order valence-electron chi connectivity index (χ3n) is 3.63. The summed E-state index contributed by atoms with van der Waals surface area (Å²) in [5.74, 6) is -0.0623. The summed E-state index contributed by atoms with van der Waals surface area (Å²) in [5, 5.41) is 6.40. The van der Waals surface area contributed by atoms with Crippen LogP contribution in [0.4, 0.5) is 0 Å². The molecule has 1 heterocycles. The highest BCUT2D eigenvalue weighted by atomic mass is 35.5. The fourth-order valence-electron chi connectivity index (χ4n) is 2.35. The molecule has 1 amide bonds. The molecular weight excluding hydrogens is 276 g/mol. The topological polar surface area (TPSA) is 58.2 Å². The maximum absolute atomic E-state index is 12.1. The predicted molar refractivity (Wildman–Crippen MR) is 81.6 cm³/mol. The van der Waals surface area contributed by atoms with Gasteiger partial charge in [0.25, 0.3) is 5.91 Å². The van der Waals surface area contributed by atoms with Crippen LogP contribution in [0.15, 0.2) is 24.3 Å². The standard InChI is InChI=1S/C15H20N2O2.ClH/c1-10-14(4-3-9-16-10)17-15(19)13-7-5-12(6-8-13)11(2)18;/h5-8,10,14,16H,3-4,9H2,1-2H3,(H,17,19);1H. The molecule has 1 saturated heterocycles. The summed E-state index contributed by atoms with van der Waals surface area (Å²) in [7, 11) is 0. The van der Waals surface area contributed by atoms with Crippen molar-refractivity contribution in [3.8, 4) is 0 Å². The molecule has 1 aliphatic heterocycles. The van der Waals surface area contributed by atoms with Crippen molar-refractivity contribution >= 4 is 24.1 Å². The molecular formula is C15H21ClN2O2. The summed E-state index contributed by atoms with van der Waals surface area (Å²) in [6.45, 7) is 4.62. The van der Waals surface area contributed by atoms with Gasteiger partial charge in [-0.05, 0) is 45.4 Å². The Balaban J connectivity index is 0.00000200. The number of carbonyl (C=O) groups is 2. The fourth-order valence-corrected chi connectivity index (χ4v) is 2.35. The zero-order chi connectivity index (χ0) is 13.8. The van der Waals surface area contributed by atoms with Crippen LogP contribution >= 0.6 is 12.4 Å². The van der Waals surface area contributed by atoms with Gasteiger partial charge in [0.2, 0.25) is 0 Å². The number of halogens is 1. The van der Waals surface area contributed by atoms with E-state index in [4.69, 9.17) is 0 Å². The lowest BCUT2D eigenvalue weighted by molar-refractivity contribution is 0.0918. The third-order valence-corrected chi connectivity index (χ3v) is 3.63. The van der Waals surface area contributed by atoms with E-state index in [1.54, 1.807) is 24.3 Å². The predicted octanol–water partition coefficient (Wildman–Crippen LogP) is 2.18. The summed E-state index contributed by atoms with van der Waals surface area (Å²) < 4.78 is 0. The van der Waals surface area contributed by atoms with Gasteiger partial charge in [-0.15, -0.1) is 12.4 Å². The molecule has 0 bridgehead atoms. The van der Waals surface area contributed by atoms with Gasteiger partial charge in [0.05, 0.1) is 0 Å². The quantitative estimate of drug-likeness (QED) is 0.841. The summed E-state index contributed by atoms with van der Waals surface area (Å²) in [6, 6.07) is 7.27. The van der Waals surface area contributed by atoms with Crippen molar-refractivity contribution in [3.63, 3.8) is 0 Å². The van der Waals surface area contributed by atoms with E-state index in [2.05, 4.69) is 17.6 Å². The number of hydrogen-bond donors (Lipinski definition) is 2. The molecule has 0 spiro atoms. The minimum atomic E-state index is -0.0735. The number of amides is 1. The molecule has 1 aromatic carbocycles. The van der Waals surface area contributed by atoms with Crippen LogP contribution < -0.4 is 10.6 Å². The van der Waals surface area contributed by atoms with E-state index in [1.165, 1.54) is 6.92 Å². The Morgan fingerprint density at radius 1 is 1.20 bits per heavy atom. The molecule has 20 heavy (non-hydrogen) atoms. The Labute approximate surface area is 125 Å². The number of carbonyl (C=O) groups excluding carboxylic acids is 2. The van der Waals surface area contributed by atoms with E-state index in [9.17, 15) is 9.59 Å². The van der Waals surface area contributed by atoms with E-state index in [-0.39, 0.29) is 30.1 Å². The van der Waals surface area contributed by atoms with Crippen molar-refractivity contribution in [2.24, 2.45) is 0 Å². The first-order valence-electron chi connectivity index (χ1n) is 6.73. The van der Waals surface area contributed by atoms with Crippen molar-refractivity contribution in [2.45, 2.75) is 38.8 Å². The van der Waals surface area contributed by atoms with Crippen LogP contribution in [0.25, 0.3) is 0 Å². The molecule has 2 atom stereocenters. The lowest BCUT2D eigenvalue weighted by atomic mass is 9.99. The average molecular weight is 297 g/mol. The molecule has 4 nitrogen and oxygen atoms in total. The second-order valence-electron chi connectivity index (χ2n) is 5.10. The largest absolute Gasteiger partial charge is 0.348 e. The molecule has 0 aromatic heterocycles. The second kappa shape index (κ2) is 7.41. The first kappa shape index (κ1) is 16.7. The lowest BCUT2D eigenvalue weighted by Gasteiger charge is -2.30. The summed E-state index contributed by atoms with van der Waals surface area (Å²) >= 11 is 0. The van der Waals surface area contributed by atoms with E-state index in [1.807, 2.05) is 0 Å². The Morgan fingerprint density at radius 2 is 1.80 bits per heavy atom. The van der Waals surface area contributed by atoms with Gasteiger partial charge in [-0.3, -0.25) is 9.59 Å². The van der Waals surface area contributed by atoms with Crippen molar-refractivity contribution in [1.82, 2.24) is 10.6 Å². The second-order valence-corrected chi connectivity index (χ2v) is 5.10. The van der Waals surface area contributed by atoms with Gasteiger partial charge >= 0.3 is 0 Å². The zero-order valence-corrected chi connectivity index (χ0v) is 12.6. The van der Waals surface area contributed by atoms with Gasteiger partial charge in [0, 0.05) is 23.2 Å². The minimum absolute atomic E-state index is 0. The number of Topliss-reactive ketones (excluding diaryl/α,β-unsaturated/α-hetero) is 1. The SMILES string of the molecule is CC(=O)c1ccc(C(=O)NC2CCCNC2C)cc1.Cl. The third kappa shape index (κ3) is 4.05. The minimum Gasteiger partial charge on any atom is -0.348 e. The lowest BCUT2D eigenvalue weighted by Crippen LogP contribution is -2.51. The van der Waals surface area contributed by atoms with Crippen molar-refractivity contribution in [1.29, 1.82) is 0 Å². The molecule has 2 rings (SSSR count). The summed E-state index contributed by atoms with van der Waals surface area (Å²) in [5.41, 5.74) is 1.23. The molecule has 2 N–H and O–H groups in total. The number of rotatable bonds is 3. The number of piperidine rings is 1. The fraction of sp³-hybridized carbons (Fsp3) is 0.467. The van der Waals surface area contributed by atoms with Gasteiger partial charge in [0.1, 0.15) is 0 Å². The average Bonchev–Trinajstić information content (AvgIpc) is 2.41. The Morgan fingerprint density at radius 3 is 2.35 bits per heavy atom. The normalized spacial score (nSPS) is 21.7. The monoisotopic (exact) mass is 296 g/mol. The van der Waals surface area contributed by atoms with Gasteiger partial charge in [0.15, 0.2) is 5.78 Å². The molecule has 1 aromatic rings. The zero-order valence-electron chi connectivity index (χ0n) is 11.8. The van der Waals surface area contributed by atoms with Gasteiger partial charge in [-0.25, -0.2) is 0 Å². The van der Waals surface area contributed by atoms with Crippen LogP contribution in [-0.2, 0) is 0 Å². The van der Waals surface area contributed by atoms with Gasteiger partial charge in [-0.2, -0.15) is 0 Å². The molecule has 110 valence electrons. The van der Waals surface area contributed by atoms with Crippen LogP contribution in [0.3, 0.4) is 0 Å². The van der Waals surface area contributed by atoms with E-state index in [0.29, 0.717) is 17.2 Å². The van der Waals surface area contributed by atoms with Crippen LogP contribution in [-0.4, -0.2) is 30.3 Å². The number of ketones is 1. The van der Waals surface area contributed by atoms with E-state index < -0.39 is 0 Å². The number of benzene rings is 1. The number of nitrogens with one attached hydrogen (secondary N) is 2. The highest BCUT2D eigenvalue weighted by molar-refractivity contribution is 5.97. The summed E-state index contributed by atoms with van der Waals surface area (Å²) in [6.07, 6.45) is 2.09. The molecule has 0 aliphatic carbocycles. The Hall–Kier alpha value is -1.39. The smallest absolute Gasteiger partial charge is 0.251 e. The first-order chi connectivity index (χ1) is 9.08. The van der Waals surface area contributed by atoms with Crippen LogP contribution in [0.1, 0.15) is 47.4 Å². The highest BCUT2D eigenvalue weighted by Gasteiger charge is 2.22. The molecule has 1 fully saturated rings. The molecule has 2 unspecified atom stereocenters. The maximum Gasteiger partial charge on any atom is 0.251 e. The van der Waals surface area contributed by atoms with Crippen molar-refractivity contribution < 1.29 is 9.59 Å². The van der Waals surface area contributed by atoms with E-state index in [0.717, 1.165) is 19.4 Å². The van der Waals surface area contributed by atoms with Crippen LogP contribution in [0, 0.1) is 0 Å². The van der Waals surface area contributed by atoms with Crippen LogP contribution in [0.5, 0.6) is 0 Å². The van der Waals surface area contributed by atoms with Gasteiger partial charge < -0.3 is 10.6 Å². The molecule has 1 aliphatic rings. The van der Waals surface area contributed by atoms with Crippen LogP contribution in [0.2, 0.25) is 0 Å². The Kier molecular flexibility index (Phi) is 6.17. The Bertz CT molecular complexity index is 473. The molecule has 0 radical (unpaired) electrons. The first-order valence-corrected chi connectivity index (χ1v) is 6.73. The van der Waals surface area contributed by atoms with E-state index >= 15 is 0 Å².